The van der Waals surface area contributed by atoms with Crippen LogP contribution >= 0.6 is 0 Å². The predicted molar refractivity (Wildman–Crippen MR) is 104 cm³/mol. The molecule has 8 heteroatoms. The lowest BCUT2D eigenvalue weighted by atomic mass is 10.2. The molecule has 142 valence electrons. The van der Waals surface area contributed by atoms with Gasteiger partial charge in [-0.2, -0.15) is 10.2 Å². The number of ether oxygens (including phenoxy) is 2. The number of hydrogen-bond acceptors (Lipinski definition) is 6. The molecule has 0 spiro atoms. The first kappa shape index (κ1) is 16.9. The van der Waals surface area contributed by atoms with Crippen molar-refractivity contribution >= 4 is 10.9 Å². The van der Waals surface area contributed by atoms with Gasteiger partial charge in [0.05, 0.1) is 30.1 Å². The van der Waals surface area contributed by atoms with Crippen LogP contribution in [0, 0.1) is 0 Å². The number of morpholine rings is 1. The van der Waals surface area contributed by atoms with Gasteiger partial charge in [0.2, 0.25) is 5.88 Å². The number of aromatic amines is 2. The zero-order valence-electron chi connectivity index (χ0n) is 15.3. The summed E-state index contributed by atoms with van der Waals surface area (Å²) in [6.07, 6.45) is 3.48. The van der Waals surface area contributed by atoms with Crippen molar-refractivity contribution in [1.29, 1.82) is 0 Å². The summed E-state index contributed by atoms with van der Waals surface area (Å²) in [6, 6.07) is 11.6. The van der Waals surface area contributed by atoms with Crippen molar-refractivity contribution in [1.82, 2.24) is 30.3 Å². The molecule has 5 rings (SSSR count). The minimum atomic E-state index is 0.538. The van der Waals surface area contributed by atoms with Gasteiger partial charge in [0.1, 0.15) is 5.75 Å². The molecule has 0 saturated carbocycles. The molecule has 1 aromatic carbocycles. The van der Waals surface area contributed by atoms with Crippen LogP contribution in [0.1, 0.15) is 5.69 Å². The van der Waals surface area contributed by atoms with Gasteiger partial charge in [-0.05, 0) is 24.3 Å². The van der Waals surface area contributed by atoms with E-state index in [-0.39, 0.29) is 0 Å². The van der Waals surface area contributed by atoms with E-state index in [9.17, 15) is 0 Å². The predicted octanol–water partition coefficient (Wildman–Crippen LogP) is 2.97. The van der Waals surface area contributed by atoms with Gasteiger partial charge in [-0.15, -0.1) is 0 Å². The van der Waals surface area contributed by atoms with E-state index in [4.69, 9.17) is 9.47 Å². The molecule has 1 saturated heterocycles. The maximum absolute atomic E-state index is 5.91. The van der Waals surface area contributed by atoms with Crippen molar-refractivity contribution in [2.45, 2.75) is 6.54 Å². The van der Waals surface area contributed by atoms with E-state index >= 15 is 0 Å². The zero-order valence-corrected chi connectivity index (χ0v) is 15.3. The number of nitrogens with zero attached hydrogens (tertiary/aromatic N) is 4. The van der Waals surface area contributed by atoms with E-state index in [0.29, 0.717) is 5.88 Å². The number of pyridine rings is 1. The standard InChI is InChI=1S/C20H20N6O2/c1-4-20(21-12-14(1)17-5-6-22-23-17)28-15-2-3-16-18(11-15)24-25-19(16)13-26-7-9-27-10-8-26/h1-6,11-12H,7-10,13H2,(H,22,23)(H,24,25). The Balaban J connectivity index is 1.31. The topological polar surface area (TPSA) is 92.0 Å². The number of benzene rings is 1. The van der Waals surface area contributed by atoms with E-state index in [0.717, 1.165) is 66.5 Å². The monoisotopic (exact) mass is 376 g/mol. The largest absolute Gasteiger partial charge is 0.439 e. The molecule has 0 unspecified atom stereocenters. The van der Waals surface area contributed by atoms with Gasteiger partial charge in [-0.3, -0.25) is 15.1 Å². The Labute approximate surface area is 161 Å². The highest BCUT2D eigenvalue weighted by atomic mass is 16.5. The first-order valence-electron chi connectivity index (χ1n) is 9.26. The van der Waals surface area contributed by atoms with Crippen molar-refractivity contribution in [2.24, 2.45) is 0 Å². The summed E-state index contributed by atoms with van der Waals surface area (Å²) in [5, 5.41) is 15.6. The first-order valence-corrected chi connectivity index (χ1v) is 9.26. The Morgan fingerprint density at radius 3 is 2.79 bits per heavy atom. The second kappa shape index (κ2) is 7.41. The van der Waals surface area contributed by atoms with Crippen LogP contribution in [0.3, 0.4) is 0 Å². The van der Waals surface area contributed by atoms with Crippen molar-refractivity contribution in [3.05, 3.63) is 54.5 Å². The second-order valence-electron chi connectivity index (χ2n) is 6.72. The van der Waals surface area contributed by atoms with Gasteiger partial charge in [-0.1, -0.05) is 0 Å². The summed E-state index contributed by atoms with van der Waals surface area (Å²) >= 11 is 0. The average Bonchev–Trinajstić information content (AvgIpc) is 3.40. The van der Waals surface area contributed by atoms with E-state index < -0.39 is 0 Å². The first-order chi connectivity index (χ1) is 13.8. The number of hydrogen-bond donors (Lipinski definition) is 2. The third-order valence-corrected chi connectivity index (χ3v) is 4.86. The summed E-state index contributed by atoms with van der Waals surface area (Å²) in [5.41, 5.74) is 3.88. The number of fused-ring (bicyclic) bond motifs is 1. The molecule has 0 amide bonds. The van der Waals surface area contributed by atoms with Gasteiger partial charge in [0.15, 0.2) is 0 Å². The Morgan fingerprint density at radius 2 is 2.00 bits per heavy atom. The lowest BCUT2D eigenvalue weighted by Gasteiger charge is -2.25. The number of aromatic nitrogens is 5. The summed E-state index contributed by atoms with van der Waals surface area (Å²) < 4.78 is 11.3. The average molecular weight is 376 g/mol. The van der Waals surface area contributed by atoms with E-state index in [1.807, 2.05) is 36.4 Å². The van der Waals surface area contributed by atoms with Gasteiger partial charge in [0.25, 0.3) is 0 Å². The number of rotatable bonds is 5. The van der Waals surface area contributed by atoms with Crippen molar-refractivity contribution in [2.75, 3.05) is 26.3 Å². The Kier molecular flexibility index (Phi) is 4.48. The maximum Gasteiger partial charge on any atom is 0.219 e. The molecule has 3 aromatic heterocycles. The zero-order chi connectivity index (χ0) is 18.8. The normalized spacial score (nSPS) is 15.1. The summed E-state index contributed by atoms with van der Waals surface area (Å²) in [7, 11) is 0. The molecule has 28 heavy (non-hydrogen) atoms. The smallest absolute Gasteiger partial charge is 0.219 e. The van der Waals surface area contributed by atoms with Gasteiger partial charge in [0, 0.05) is 55.1 Å². The Hall–Kier alpha value is -3.23. The molecule has 0 bridgehead atoms. The van der Waals surface area contributed by atoms with Gasteiger partial charge in [-0.25, -0.2) is 4.98 Å². The molecule has 4 aromatic rings. The fourth-order valence-electron chi connectivity index (χ4n) is 3.35. The van der Waals surface area contributed by atoms with Crippen LogP contribution in [0.5, 0.6) is 11.6 Å². The van der Waals surface area contributed by atoms with Crippen LogP contribution in [0.15, 0.2) is 48.8 Å². The highest BCUT2D eigenvalue weighted by molar-refractivity contribution is 5.82. The molecule has 0 radical (unpaired) electrons. The van der Waals surface area contributed by atoms with E-state index in [1.54, 1.807) is 12.4 Å². The quantitative estimate of drug-likeness (QED) is 0.556. The fourth-order valence-corrected chi connectivity index (χ4v) is 3.35. The third kappa shape index (κ3) is 3.47. The van der Waals surface area contributed by atoms with E-state index in [1.165, 1.54) is 0 Å². The van der Waals surface area contributed by atoms with Crippen LogP contribution in [-0.2, 0) is 11.3 Å². The van der Waals surface area contributed by atoms with Crippen LogP contribution in [0.25, 0.3) is 22.2 Å². The minimum absolute atomic E-state index is 0.538. The Morgan fingerprint density at radius 1 is 1.07 bits per heavy atom. The van der Waals surface area contributed by atoms with Gasteiger partial charge < -0.3 is 9.47 Å². The van der Waals surface area contributed by atoms with Crippen molar-refractivity contribution in [3.8, 4) is 22.9 Å². The number of H-pyrrole nitrogens is 2. The minimum Gasteiger partial charge on any atom is -0.439 e. The van der Waals surface area contributed by atoms with Crippen LogP contribution < -0.4 is 4.74 Å². The molecule has 1 aliphatic heterocycles. The molecule has 2 N–H and O–H groups in total. The lowest BCUT2D eigenvalue weighted by Crippen LogP contribution is -2.35. The van der Waals surface area contributed by atoms with Crippen molar-refractivity contribution in [3.63, 3.8) is 0 Å². The molecule has 8 nitrogen and oxygen atoms in total. The second-order valence-corrected chi connectivity index (χ2v) is 6.72. The molecule has 0 aliphatic carbocycles. The molecule has 1 fully saturated rings. The molecule has 0 atom stereocenters. The third-order valence-electron chi connectivity index (χ3n) is 4.86. The van der Waals surface area contributed by atoms with Gasteiger partial charge >= 0.3 is 0 Å². The Bertz CT molecular complexity index is 1050. The summed E-state index contributed by atoms with van der Waals surface area (Å²) in [6.45, 7) is 4.27. The van der Waals surface area contributed by atoms with Crippen LogP contribution in [0.2, 0.25) is 0 Å². The van der Waals surface area contributed by atoms with E-state index in [2.05, 4.69) is 30.3 Å². The molecular weight excluding hydrogens is 356 g/mol. The van der Waals surface area contributed by atoms with Crippen molar-refractivity contribution < 1.29 is 9.47 Å². The SMILES string of the molecule is c1cc(-c2ccc(Oc3ccc4c(CN5CCOCC5)n[nH]c4c3)nc2)[nH]n1. The van der Waals surface area contributed by atoms with Crippen LogP contribution in [0.4, 0.5) is 0 Å². The van der Waals surface area contributed by atoms with Crippen LogP contribution in [-0.4, -0.2) is 56.6 Å². The molecule has 1 aliphatic rings. The molecule has 4 heterocycles. The number of nitrogens with one attached hydrogen (secondary N) is 2. The summed E-state index contributed by atoms with van der Waals surface area (Å²) in [4.78, 5) is 6.73. The summed E-state index contributed by atoms with van der Waals surface area (Å²) in [5.74, 6) is 1.26. The highest BCUT2D eigenvalue weighted by Crippen LogP contribution is 2.27. The highest BCUT2D eigenvalue weighted by Gasteiger charge is 2.15. The molecular formula is C20H20N6O2. The maximum atomic E-state index is 5.91. The fraction of sp³-hybridized carbons (Fsp3) is 0.250. The lowest BCUT2D eigenvalue weighted by molar-refractivity contribution is 0.0338.